The maximum absolute atomic E-state index is 10.3. The highest BCUT2D eigenvalue weighted by atomic mass is 16.5. The molecule has 4 heteroatoms. The number of hydrogen-bond acceptors (Lipinski definition) is 4. The van der Waals surface area contributed by atoms with Crippen LogP contribution in [-0.4, -0.2) is 48.0 Å². The minimum atomic E-state index is -0.479. The Morgan fingerprint density at radius 2 is 1.80 bits per heavy atom. The first kappa shape index (κ1) is 13.9. The van der Waals surface area contributed by atoms with E-state index in [0.717, 1.165) is 43.3 Å². The molecule has 0 bridgehead atoms. The molecule has 0 spiro atoms. The number of ether oxygens (including phenoxy) is 1. The van der Waals surface area contributed by atoms with Gasteiger partial charge in [-0.2, -0.15) is 0 Å². The van der Waals surface area contributed by atoms with Gasteiger partial charge >= 0.3 is 0 Å². The van der Waals surface area contributed by atoms with Gasteiger partial charge in [0.2, 0.25) is 0 Å². The Hall–Kier alpha value is -1.10. The third-order valence-corrected chi connectivity index (χ3v) is 4.83. The van der Waals surface area contributed by atoms with Crippen molar-refractivity contribution >= 4 is 0 Å². The first-order valence-electron chi connectivity index (χ1n) is 7.38. The molecule has 1 heterocycles. The first-order valence-corrected chi connectivity index (χ1v) is 7.38. The van der Waals surface area contributed by atoms with Gasteiger partial charge in [-0.15, -0.1) is 0 Å². The van der Waals surface area contributed by atoms with E-state index in [0.29, 0.717) is 12.6 Å². The van der Waals surface area contributed by atoms with Gasteiger partial charge < -0.3 is 14.9 Å². The van der Waals surface area contributed by atoms with Crippen LogP contribution in [0, 0.1) is 11.8 Å². The monoisotopic (exact) mass is 277 g/mol. The van der Waals surface area contributed by atoms with Crippen LogP contribution in [0.3, 0.4) is 0 Å². The summed E-state index contributed by atoms with van der Waals surface area (Å²) in [4.78, 5) is 2.36. The number of rotatable bonds is 4. The number of fused-ring (bicyclic) bond motifs is 1. The average Bonchev–Trinajstić information content (AvgIpc) is 2.96. The lowest BCUT2D eigenvalue weighted by Crippen LogP contribution is -2.28. The van der Waals surface area contributed by atoms with Crippen molar-refractivity contribution in [1.82, 2.24) is 4.90 Å². The van der Waals surface area contributed by atoms with Crippen molar-refractivity contribution < 1.29 is 14.9 Å². The first-order chi connectivity index (χ1) is 9.65. The van der Waals surface area contributed by atoms with E-state index in [4.69, 9.17) is 4.74 Å². The number of β-amino-alcohol motifs (C(OH)–C–C–N with tert-alkyl or cyclic N) is 1. The quantitative estimate of drug-likeness (QED) is 0.881. The van der Waals surface area contributed by atoms with Gasteiger partial charge in [-0.3, -0.25) is 4.90 Å². The molecule has 1 saturated carbocycles. The fourth-order valence-corrected chi connectivity index (χ4v) is 3.73. The van der Waals surface area contributed by atoms with Gasteiger partial charge in [0.1, 0.15) is 5.75 Å². The second-order valence-electron chi connectivity index (χ2n) is 6.18. The highest BCUT2D eigenvalue weighted by molar-refractivity contribution is 5.27. The average molecular weight is 277 g/mol. The van der Waals surface area contributed by atoms with E-state index in [1.807, 2.05) is 0 Å². The van der Waals surface area contributed by atoms with Gasteiger partial charge in [-0.05, 0) is 42.4 Å². The Morgan fingerprint density at radius 1 is 1.20 bits per heavy atom. The Labute approximate surface area is 120 Å². The van der Waals surface area contributed by atoms with Crippen LogP contribution in [0.5, 0.6) is 5.75 Å². The molecule has 1 aromatic carbocycles. The molecule has 1 saturated heterocycles. The number of aliphatic hydroxyl groups excluding tert-OH is 1. The van der Waals surface area contributed by atoms with Crippen LogP contribution in [0.4, 0.5) is 0 Å². The molecule has 3 atom stereocenters. The molecule has 1 aromatic rings. The molecule has 3 unspecified atom stereocenters. The summed E-state index contributed by atoms with van der Waals surface area (Å²) in [6, 6.07) is 6.83. The maximum Gasteiger partial charge on any atom is 0.115 e. The molecule has 4 nitrogen and oxygen atoms in total. The number of benzene rings is 1. The smallest absolute Gasteiger partial charge is 0.115 e. The lowest BCUT2D eigenvalue weighted by Gasteiger charge is -2.22. The van der Waals surface area contributed by atoms with Gasteiger partial charge in [-0.1, -0.05) is 12.1 Å². The van der Waals surface area contributed by atoms with Crippen molar-refractivity contribution in [1.29, 1.82) is 0 Å². The van der Waals surface area contributed by atoms with Crippen molar-refractivity contribution in [2.45, 2.75) is 25.0 Å². The normalized spacial score (nSPS) is 31.4. The number of aliphatic hydroxyl groups is 1. The minimum Gasteiger partial charge on any atom is -0.508 e. The van der Waals surface area contributed by atoms with E-state index < -0.39 is 6.10 Å². The van der Waals surface area contributed by atoms with Crippen LogP contribution in [-0.2, 0) is 4.74 Å². The van der Waals surface area contributed by atoms with Gasteiger partial charge in [0.15, 0.2) is 0 Å². The van der Waals surface area contributed by atoms with Gasteiger partial charge in [0.25, 0.3) is 0 Å². The molecule has 3 rings (SSSR count). The largest absolute Gasteiger partial charge is 0.508 e. The zero-order valence-corrected chi connectivity index (χ0v) is 11.9. The highest BCUT2D eigenvalue weighted by Gasteiger charge is 2.41. The molecular formula is C16H23NO3. The number of phenolic OH excluding ortho intramolecular Hbond substituents is 1. The Balaban J connectivity index is 1.54. The predicted octanol–water partition coefficient (Wildman–Crippen LogP) is 1.78. The molecule has 2 aliphatic rings. The van der Waals surface area contributed by atoms with E-state index in [-0.39, 0.29) is 5.75 Å². The fraction of sp³-hybridized carbons (Fsp3) is 0.625. The van der Waals surface area contributed by atoms with E-state index in [1.54, 1.807) is 31.4 Å². The van der Waals surface area contributed by atoms with Crippen LogP contribution in [0.1, 0.15) is 24.5 Å². The number of likely N-dealkylation sites (tertiary alicyclic amines) is 1. The molecule has 0 amide bonds. The second-order valence-corrected chi connectivity index (χ2v) is 6.18. The molecule has 0 aromatic heterocycles. The third-order valence-electron chi connectivity index (χ3n) is 4.83. The molecule has 2 fully saturated rings. The molecular weight excluding hydrogens is 254 g/mol. The summed E-state index contributed by atoms with van der Waals surface area (Å²) in [5.74, 6) is 1.70. The van der Waals surface area contributed by atoms with Crippen LogP contribution >= 0.6 is 0 Å². The summed E-state index contributed by atoms with van der Waals surface area (Å²) < 4.78 is 5.45. The van der Waals surface area contributed by atoms with Gasteiger partial charge in [-0.25, -0.2) is 0 Å². The van der Waals surface area contributed by atoms with Crippen LogP contribution in [0.25, 0.3) is 0 Å². The zero-order valence-electron chi connectivity index (χ0n) is 11.9. The molecule has 1 aliphatic heterocycles. The van der Waals surface area contributed by atoms with Gasteiger partial charge in [0.05, 0.1) is 12.2 Å². The molecule has 20 heavy (non-hydrogen) atoms. The number of phenols is 1. The van der Waals surface area contributed by atoms with E-state index in [1.165, 1.54) is 0 Å². The molecule has 110 valence electrons. The fourth-order valence-electron chi connectivity index (χ4n) is 3.73. The van der Waals surface area contributed by atoms with E-state index in [2.05, 4.69) is 4.90 Å². The second kappa shape index (κ2) is 5.72. The topological polar surface area (TPSA) is 52.9 Å². The Kier molecular flexibility index (Phi) is 3.96. The van der Waals surface area contributed by atoms with Crippen molar-refractivity contribution in [3.05, 3.63) is 29.8 Å². The van der Waals surface area contributed by atoms with Gasteiger partial charge in [0, 0.05) is 26.7 Å². The minimum absolute atomic E-state index is 0.238. The van der Waals surface area contributed by atoms with Crippen LogP contribution < -0.4 is 0 Å². The summed E-state index contributed by atoms with van der Waals surface area (Å²) in [6.07, 6.45) is 2.28. The predicted molar refractivity (Wildman–Crippen MR) is 76.5 cm³/mol. The summed E-state index contributed by atoms with van der Waals surface area (Å²) in [7, 11) is 1.80. The summed E-state index contributed by atoms with van der Waals surface area (Å²) >= 11 is 0. The Morgan fingerprint density at radius 3 is 2.35 bits per heavy atom. The standard InChI is InChI=1S/C16H23NO3/c1-20-15-6-12-8-17(9-13(12)7-15)10-16(19)11-2-4-14(18)5-3-11/h2-5,12-13,15-16,18-19H,6-10H2,1H3. The van der Waals surface area contributed by atoms with E-state index in [9.17, 15) is 10.2 Å². The van der Waals surface area contributed by atoms with E-state index >= 15 is 0 Å². The van der Waals surface area contributed by atoms with Crippen molar-refractivity contribution in [2.24, 2.45) is 11.8 Å². The Bertz CT molecular complexity index is 434. The van der Waals surface area contributed by atoms with Crippen molar-refractivity contribution in [3.63, 3.8) is 0 Å². The number of methoxy groups -OCH3 is 1. The van der Waals surface area contributed by atoms with Crippen molar-refractivity contribution in [3.8, 4) is 5.75 Å². The SMILES string of the molecule is COC1CC2CN(CC(O)c3ccc(O)cc3)CC2C1. The third kappa shape index (κ3) is 2.82. The maximum atomic E-state index is 10.3. The molecule has 1 aliphatic carbocycles. The summed E-state index contributed by atoms with van der Waals surface area (Å²) in [5.41, 5.74) is 0.870. The number of aromatic hydroxyl groups is 1. The number of hydrogen-bond donors (Lipinski definition) is 2. The zero-order chi connectivity index (χ0) is 14.1. The van der Waals surface area contributed by atoms with Crippen LogP contribution in [0.2, 0.25) is 0 Å². The summed E-state index contributed by atoms with van der Waals surface area (Å²) in [5, 5.41) is 19.6. The van der Waals surface area contributed by atoms with Crippen LogP contribution in [0.15, 0.2) is 24.3 Å². The van der Waals surface area contributed by atoms with Crippen molar-refractivity contribution in [2.75, 3.05) is 26.7 Å². The number of nitrogens with zero attached hydrogens (tertiary/aromatic N) is 1. The lowest BCUT2D eigenvalue weighted by atomic mass is 10.0. The summed E-state index contributed by atoms with van der Waals surface area (Å²) in [6.45, 7) is 2.81. The molecule has 0 radical (unpaired) electrons. The molecule has 2 N–H and O–H groups in total. The lowest BCUT2D eigenvalue weighted by molar-refractivity contribution is 0.0877. The highest BCUT2D eigenvalue weighted by Crippen LogP contribution is 2.39.